The van der Waals surface area contributed by atoms with Gasteiger partial charge >= 0.3 is 0 Å². The van der Waals surface area contributed by atoms with E-state index in [4.69, 9.17) is 0 Å². The van der Waals surface area contributed by atoms with Crippen molar-refractivity contribution in [3.63, 3.8) is 0 Å². The highest BCUT2D eigenvalue weighted by Gasteiger charge is 2.41. The zero-order valence-electron chi connectivity index (χ0n) is 19.5. The molecule has 1 N–H and O–H groups in total. The second-order valence-electron chi connectivity index (χ2n) is 8.68. The molecule has 3 aromatic rings. The average molecular weight is 425 g/mol. The molecule has 0 atom stereocenters. The van der Waals surface area contributed by atoms with E-state index >= 15 is 0 Å². The van der Waals surface area contributed by atoms with Crippen LogP contribution in [0.25, 0.3) is 5.57 Å². The summed E-state index contributed by atoms with van der Waals surface area (Å²) in [6, 6.07) is 17.7. The van der Waals surface area contributed by atoms with Crippen molar-refractivity contribution in [3.05, 3.63) is 99.2 Å². The standard InChI is InChI=1S/C28H28N2O2/c1-16-11-13-22(20(5)14-16)25-26(29-23-15-17(2)10-12-19(23)4)28(32)30(27(25)31)24-9-7-8-18(3)21(24)6/h7-15,29H,1-6H3. The van der Waals surface area contributed by atoms with Gasteiger partial charge in [-0.1, -0.05) is 48.0 Å². The molecule has 1 aliphatic heterocycles. The van der Waals surface area contributed by atoms with E-state index in [0.717, 1.165) is 44.6 Å². The fraction of sp³-hybridized carbons (Fsp3) is 0.214. The van der Waals surface area contributed by atoms with Crippen LogP contribution < -0.4 is 10.2 Å². The number of aryl methyl sites for hydroxylation is 5. The summed E-state index contributed by atoms with van der Waals surface area (Å²) in [7, 11) is 0. The average Bonchev–Trinajstić information content (AvgIpc) is 2.97. The number of benzene rings is 3. The highest BCUT2D eigenvalue weighted by atomic mass is 16.2. The van der Waals surface area contributed by atoms with E-state index < -0.39 is 0 Å². The van der Waals surface area contributed by atoms with Gasteiger partial charge in [0.1, 0.15) is 5.70 Å². The van der Waals surface area contributed by atoms with Gasteiger partial charge < -0.3 is 5.32 Å². The number of anilines is 2. The highest BCUT2D eigenvalue weighted by molar-refractivity contribution is 6.46. The maximum Gasteiger partial charge on any atom is 0.282 e. The number of rotatable bonds is 4. The third-order valence-corrected chi connectivity index (χ3v) is 6.20. The van der Waals surface area contributed by atoms with E-state index in [9.17, 15) is 9.59 Å². The van der Waals surface area contributed by atoms with Gasteiger partial charge in [0.15, 0.2) is 0 Å². The minimum absolute atomic E-state index is 0.302. The van der Waals surface area contributed by atoms with Gasteiger partial charge in [0.05, 0.1) is 11.3 Å². The third-order valence-electron chi connectivity index (χ3n) is 6.20. The lowest BCUT2D eigenvalue weighted by molar-refractivity contribution is -0.120. The number of amides is 2. The van der Waals surface area contributed by atoms with Crippen LogP contribution in [0.2, 0.25) is 0 Å². The summed E-state index contributed by atoms with van der Waals surface area (Å²) in [5, 5.41) is 3.32. The minimum atomic E-state index is -0.334. The van der Waals surface area contributed by atoms with E-state index in [1.165, 1.54) is 4.90 Å². The van der Waals surface area contributed by atoms with Gasteiger partial charge in [-0.3, -0.25) is 9.59 Å². The lowest BCUT2D eigenvalue weighted by Crippen LogP contribution is -2.33. The Kier molecular flexibility index (Phi) is 5.47. The van der Waals surface area contributed by atoms with Crippen molar-refractivity contribution in [2.24, 2.45) is 0 Å². The SMILES string of the molecule is Cc1ccc(C2=C(Nc3cc(C)ccc3C)C(=O)N(c3cccc(C)c3C)C2=O)c(C)c1. The van der Waals surface area contributed by atoms with Gasteiger partial charge in [-0.15, -0.1) is 0 Å². The molecule has 0 saturated carbocycles. The Morgan fingerprint density at radius 3 is 2.09 bits per heavy atom. The first kappa shape index (κ1) is 21.6. The van der Waals surface area contributed by atoms with Crippen molar-refractivity contribution in [1.29, 1.82) is 0 Å². The van der Waals surface area contributed by atoms with E-state index in [1.807, 2.05) is 96.1 Å². The summed E-state index contributed by atoms with van der Waals surface area (Å²) in [5.41, 5.74) is 9.06. The third kappa shape index (κ3) is 3.62. The van der Waals surface area contributed by atoms with Crippen LogP contribution in [0.5, 0.6) is 0 Å². The molecule has 1 aliphatic rings. The zero-order chi connectivity index (χ0) is 23.2. The molecule has 0 bridgehead atoms. The Morgan fingerprint density at radius 1 is 0.688 bits per heavy atom. The van der Waals surface area contributed by atoms with Gasteiger partial charge in [0, 0.05) is 5.69 Å². The van der Waals surface area contributed by atoms with Crippen LogP contribution in [0.3, 0.4) is 0 Å². The molecule has 0 unspecified atom stereocenters. The summed E-state index contributed by atoms with van der Waals surface area (Å²) >= 11 is 0. The largest absolute Gasteiger partial charge is 0.350 e. The molecule has 0 fully saturated rings. The van der Waals surface area contributed by atoms with Gasteiger partial charge in [-0.2, -0.15) is 0 Å². The molecule has 4 heteroatoms. The van der Waals surface area contributed by atoms with Crippen LogP contribution in [0.15, 0.2) is 60.3 Å². The van der Waals surface area contributed by atoms with Crippen LogP contribution in [-0.4, -0.2) is 11.8 Å². The smallest absolute Gasteiger partial charge is 0.282 e. The van der Waals surface area contributed by atoms with Crippen molar-refractivity contribution in [2.45, 2.75) is 41.5 Å². The fourth-order valence-corrected chi connectivity index (χ4v) is 4.19. The first-order valence-electron chi connectivity index (χ1n) is 10.8. The Morgan fingerprint density at radius 2 is 1.38 bits per heavy atom. The van der Waals surface area contributed by atoms with Crippen LogP contribution in [0, 0.1) is 41.5 Å². The lowest BCUT2D eigenvalue weighted by Gasteiger charge is -2.19. The second kappa shape index (κ2) is 8.12. The van der Waals surface area contributed by atoms with Crippen molar-refractivity contribution >= 4 is 28.8 Å². The van der Waals surface area contributed by atoms with Crippen LogP contribution in [-0.2, 0) is 9.59 Å². The Bertz CT molecular complexity index is 1300. The number of nitrogens with one attached hydrogen (secondary N) is 1. The molecule has 32 heavy (non-hydrogen) atoms. The first-order chi connectivity index (χ1) is 15.2. The molecule has 162 valence electrons. The molecule has 1 heterocycles. The van der Waals surface area contributed by atoms with Crippen molar-refractivity contribution in [2.75, 3.05) is 10.2 Å². The predicted molar refractivity (Wildman–Crippen MR) is 131 cm³/mol. The van der Waals surface area contributed by atoms with Crippen molar-refractivity contribution in [3.8, 4) is 0 Å². The molecule has 0 aliphatic carbocycles. The molecular weight excluding hydrogens is 396 g/mol. The Labute approximate surface area is 189 Å². The number of carbonyl (C=O) groups excluding carboxylic acids is 2. The summed E-state index contributed by atoms with van der Waals surface area (Å²) in [6.45, 7) is 11.9. The lowest BCUT2D eigenvalue weighted by atomic mass is 9.97. The maximum absolute atomic E-state index is 13.8. The van der Waals surface area contributed by atoms with Gasteiger partial charge in [-0.05, 0) is 87.1 Å². The van der Waals surface area contributed by atoms with E-state index in [1.54, 1.807) is 0 Å². The number of hydrogen-bond acceptors (Lipinski definition) is 3. The maximum atomic E-state index is 13.8. The highest BCUT2D eigenvalue weighted by Crippen LogP contribution is 2.37. The summed E-state index contributed by atoms with van der Waals surface area (Å²) in [5.74, 6) is -0.636. The number of hydrogen-bond donors (Lipinski definition) is 1. The monoisotopic (exact) mass is 424 g/mol. The van der Waals surface area contributed by atoms with Crippen molar-refractivity contribution < 1.29 is 9.59 Å². The predicted octanol–water partition coefficient (Wildman–Crippen LogP) is 5.93. The molecule has 0 spiro atoms. The minimum Gasteiger partial charge on any atom is -0.350 e. The van der Waals surface area contributed by atoms with Crippen molar-refractivity contribution in [1.82, 2.24) is 0 Å². The zero-order valence-corrected chi connectivity index (χ0v) is 19.5. The molecule has 0 radical (unpaired) electrons. The summed E-state index contributed by atoms with van der Waals surface area (Å²) < 4.78 is 0. The normalized spacial score (nSPS) is 13.9. The summed E-state index contributed by atoms with van der Waals surface area (Å²) in [4.78, 5) is 28.8. The topological polar surface area (TPSA) is 49.4 Å². The Balaban J connectivity index is 1.92. The van der Waals surface area contributed by atoms with E-state index in [0.29, 0.717) is 17.0 Å². The quantitative estimate of drug-likeness (QED) is 0.528. The molecule has 3 aromatic carbocycles. The first-order valence-corrected chi connectivity index (χ1v) is 10.8. The van der Waals surface area contributed by atoms with E-state index in [2.05, 4.69) is 5.32 Å². The molecule has 2 amide bonds. The van der Waals surface area contributed by atoms with Gasteiger partial charge in [0.25, 0.3) is 11.8 Å². The van der Waals surface area contributed by atoms with E-state index in [-0.39, 0.29) is 11.8 Å². The molecule has 0 aromatic heterocycles. The van der Waals surface area contributed by atoms with Crippen LogP contribution >= 0.6 is 0 Å². The van der Waals surface area contributed by atoms with Crippen LogP contribution in [0.1, 0.15) is 38.9 Å². The van der Waals surface area contributed by atoms with Crippen LogP contribution in [0.4, 0.5) is 11.4 Å². The number of imide groups is 1. The molecule has 4 rings (SSSR count). The second-order valence-corrected chi connectivity index (χ2v) is 8.68. The summed E-state index contributed by atoms with van der Waals surface area (Å²) in [6.07, 6.45) is 0. The molecular formula is C28H28N2O2. The molecule has 4 nitrogen and oxygen atoms in total. The number of carbonyl (C=O) groups is 2. The van der Waals surface area contributed by atoms with Gasteiger partial charge in [0.2, 0.25) is 0 Å². The fourth-order valence-electron chi connectivity index (χ4n) is 4.19. The molecule has 0 saturated heterocycles. The Hall–Kier alpha value is -3.66. The van der Waals surface area contributed by atoms with Gasteiger partial charge in [-0.25, -0.2) is 4.90 Å². The number of nitrogens with zero attached hydrogens (tertiary/aromatic N) is 1.